The maximum Gasteiger partial charge on any atom is 0.299 e. The van der Waals surface area contributed by atoms with Crippen molar-refractivity contribution in [1.82, 2.24) is 0 Å². The number of ketones is 1. The summed E-state index contributed by atoms with van der Waals surface area (Å²) in [6.45, 7) is 5.32. The predicted octanol–water partition coefficient (Wildman–Crippen LogP) is 1.27. The number of fused-ring (bicyclic) bond motifs is 1. The average Bonchev–Trinajstić information content (AvgIpc) is 2.65. The van der Waals surface area contributed by atoms with Gasteiger partial charge in [-0.1, -0.05) is 13.0 Å². The molecule has 0 radical (unpaired) electrons. The van der Waals surface area contributed by atoms with Crippen LogP contribution in [0.15, 0.2) is 12.1 Å². The van der Waals surface area contributed by atoms with E-state index in [4.69, 9.17) is 0 Å². The van der Waals surface area contributed by atoms with Crippen LogP contribution in [-0.4, -0.2) is 38.2 Å². The number of carbonyl (C=O) groups excluding carboxylic acids is 2. The highest BCUT2D eigenvalue weighted by atomic mass is 32.2. The summed E-state index contributed by atoms with van der Waals surface area (Å²) < 4.78 is 23.2. The summed E-state index contributed by atoms with van der Waals surface area (Å²) in [6, 6.07) is 3.43. The summed E-state index contributed by atoms with van der Waals surface area (Å²) in [6.07, 6.45) is 0. The third kappa shape index (κ3) is 2.35. The molecule has 1 aromatic carbocycles. The number of nitrogens with zero attached hydrogens (tertiary/aromatic N) is 1. The van der Waals surface area contributed by atoms with Crippen LogP contribution in [0.4, 0.5) is 5.69 Å². The molecule has 1 aromatic rings. The summed E-state index contributed by atoms with van der Waals surface area (Å²) in [5, 5.41) is 0. The molecule has 0 fully saturated rings. The Hall–Kier alpha value is -1.69. The number of amides is 1. The molecular formula is C14H17NO4S. The number of carbonyl (C=O) groups is 2. The topological polar surface area (TPSA) is 71.5 Å². The van der Waals surface area contributed by atoms with Gasteiger partial charge in [0.1, 0.15) is 0 Å². The predicted molar refractivity (Wildman–Crippen MR) is 76.9 cm³/mol. The minimum Gasteiger partial charge on any atom is -0.303 e. The number of hydrogen-bond donors (Lipinski definition) is 0. The molecule has 6 heteroatoms. The van der Waals surface area contributed by atoms with Crippen LogP contribution in [0, 0.1) is 13.8 Å². The lowest BCUT2D eigenvalue weighted by atomic mass is 10.0. The van der Waals surface area contributed by atoms with E-state index in [1.165, 1.54) is 4.90 Å². The van der Waals surface area contributed by atoms with Crippen molar-refractivity contribution >= 4 is 27.2 Å². The van der Waals surface area contributed by atoms with Gasteiger partial charge in [-0.05, 0) is 31.0 Å². The molecule has 1 heterocycles. The van der Waals surface area contributed by atoms with Crippen molar-refractivity contribution in [1.29, 1.82) is 0 Å². The van der Waals surface area contributed by atoms with Crippen molar-refractivity contribution < 1.29 is 18.0 Å². The minimum atomic E-state index is -3.18. The molecule has 5 nitrogen and oxygen atoms in total. The standard InChI is InChI=1S/C14H17NO4S/c1-4-20(18,19)8-7-15-12-10(3)9(2)5-6-11(12)13(16)14(15)17/h5-6H,4,7-8H2,1-3H3. The summed E-state index contributed by atoms with van der Waals surface area (Å²) in [4.78, 5) is 25.2. The van der Waals surface area contributed by atoms with Gasteiger partial charge in [0.15, 0.2) is 9.84 Å². The van der Waals surface area contributed by atoms with Crippen LogP contribution in [0.3, 0.4) is 0 Å². The minimum absolute atomic E-state index is 0.0258. The lowest BCUT2D eigenvalue weighted by molar-refractivity contribution is -0.114. The van der Waals surface area contributed by atoms with E-state index in [0.29, 0.717) is 11.3 Å². The molecule has 20 heavy (non-hydrogen) atoms. The number of benzene rings is 1. The van der Waals surface area contributed by atoms with E-state index >= 15 is 0 Å². The maximum absolute atomic E-state index is 12.0. The Kier molecular flexibility index (Phi) is 3.69. The van der Waals surface area contributed by atoms with Gasteiger partial charge in [0.05, 0.1) is 17.0 Å². The molecule has 2 rings (SSSR count). The summed E-state index contributed by atoms with van der Waals surface area (Å²) in [5.74, 6) is -1.30. The van der Waals surface area contributed by atoms with Gasteiger partial charge in [0, 0.05) is 12.3 Å². The van der Waals surface area contributed by atoms with Crippen LogP contribution < -0.4 is 4.90 Å². The number of aryl methyl sites for hydroxylation is 1. The molecule has 0 aliphatic carbocycles. The fourth-order valence-electron chi connectivity index (χ4n) is 2.26. The van der Waals surface area contributed by atoms with E-state index in [1.54, 1.807) is 19.1 Å². The number of sulfone groups is 1. The van der Waals surface area contributed by atoms with Gasteiger partial charge in [-0.25, -0.2) is 8.42 Å². The van der Waals surface area contributed by atoms with Gasteiger partial charge in [0.2, 0.25) is 0 Å². The Balaban J connectivity index is 2.40. The van der Waals surface area contributed by atoms with E-state index in [9.17, 15) is 18.0 Å². The van der Waals surface area contributed by atoms with E-state index in [-0.39, 0.29) is 18.1 Å². The first-order valence-corrected chi connectivity index (χ1v) is 8.27. The maximum atomic E-state index is 12.0. The Morgan fingerprint density at radius 2 is 1.80 bits per heavy atom. The van der Waals surface area contributed by atoms with Crippen molar-refractivity contribution in [2.45, 2.75) is 20.8 Å². The van der Waals surface area contributed by atoms with Crippen LogP contribution in [0.1, 0.15) is 28.4 Å². The van der Waals surface area contributed by atoms with Crippen LogP contribution in [-0.2, 0) is 14.6 Å². The van der Waals surface area contributed by atoms with Crippen molar-refractivity contribution in [2.75, 3.05) is 23.0 Å². The van der Waals surface area contributed by atoms with Crippen LogP contribution in [0.2, 0.25) is 0 Å². The molecule has 0 saturated heterocycles. The van der Waals surface area contributed by atoms with Crippen molar-refractivity contribution in [3.8, 4) is 0 Å². The number of hydrogen-bond acceptors (Lipinski definition) is 4. The average molecular weight is 295 g/mol. The molecule has 0 bridgehead atoms. The molecule has 1 amide bonds. The number of anilines is 1. The highest BCUT2D eigenvalue weighted by molar-refractivity contribution is 7.91. The summed E-state index contributed by atoms with van der Waals surface area (Å²) in [7, 11) is -3.18. The third-order valence-electron chi connectivity index (χ3n) is 3.72. The second kappa shape index (κ2) is 5.01. The second-order valence-electron chi connectivity index (χ2n) is 4.93. The van der Waals surface area contributed by atoms with Crippen LogP contribution in [0.5, 0.6) is 0 Å². The van der Waals surface area contributed by atoms with Crippen molar-refractivity contribution in [2.24, 2.45) is 0 Å². The largest absolute Gasteiger partial charge is 0.303 e. The van der Waals surface area contributed by atoms with E-state index in [2.05, 4.69) is 0 Å². The summed E-state index contributed by atoms with van der Waals surface area (Å²) >= 11 is 0. The molecule has 108 valence electrons. The zero-order valence-corrected chi connectivity index (χ0v) is 12.6. The normalized spacial score (nSPS) is 14.8. The first-order chi connectivity index (χ1) is 9.28. The van der Waals surface area contributed by atoms with Gasteiger partial charge in [-0.2, -0.15) is 0 Å². The number of Topliss-reactive ketones (excluding diaryl/α,β-unsaturated/α-hetero) is 1. The monoisotopic (exact) mass is 295 g/mol. The fourth-order valence-corrected chi connectivity index (χ4v) is 3.01. The zero-order valence-electron chi connectivity index (χ0n) is 11.8. The quantitative estimate of drug-likeness (QED) is 0.784. The second-order valence-corrected chi connectivity index (χ2v) is 7.40. The lowest BCUT2D eigenvalue weighted by Crippen LogP contribution is -2.34. The van der Waals surface area contributed by atoms with E-state index in [0.717, 1.165) is 11.1 Å². The van der Waals surface area contributed by atoms with E-state index in [1.807, 2.05) is 13.8 Å². The Morgan fingerprint density at radius 3 is 2.40 bits per heavy atom. The van der Waals surface area contributed by atoms with Gasteiger partial charge in [0.25, 0.3) is 11.7 Å². The molecule has 0 spiro atoms. The Bertz CT molecular complexity index is 691. The first kappa shape index (κ1) is 14.7. The molecule has 0 saturated carbocycles. The highest BCUT2D eigenvalue weighted by Crippen LogP contribution is 2.33. The molecule has 0 unspecified atom stereocenters. The molecule has 0 aromatic heterocycles. The molecular weight excluding hydrogens is 278 g/mol. The smallest absolute Gasteiger partial charge is 0.299 e. The van der Waals surface area contributed by atoms with Crippen molar-refractivity contribution in [3.05, 3.63) is 28.8 Å². The zero-order chi connectivity index (χ0) is 15.1. The molecule has 0 N–H and O–H groups in total. The Morgan fingerprint density at radius 1 is 1.15 bits per heavy atom. The van der Waals surface area contributed by atoms with Gasteiger partial charge in [-0.15, -0.1) is 0 Å². The SMILES string of the molecule is CCS(=O)(=O)CCN1C(=O)C(=O)c2ccc(C)c(C)c21. The van der Waals surface area contributed by atoms with Gasteiger partial charge < -0.3 is 4.90 Å². The van der Waals surface area contributed by atoms with Crippen molar-refractivity contribution in [3.63, 3.8) is 0 Å². The fraction of sp³-hybridized carbons (Fsp3) is 0.429. The molecule has 1 aliphatic rings. The molecule has 0 atom stereocenters. The van der Waals surface area contributed by atoms with Crippen LogP contribution in [0.25, 0.3) is 0 Å². The first-order valence-electron chi connectivity index (χ1n) is 6.45. The summed E-state index contributed by atoms with van der Waals surface area (Å²) in [5.41, 5.74) is 2.74. The van der Waals surface area contributed by atoms with Gasteiger partial charge >= 0.3 is 0 Å². The third-order valence-corrected chi connectivity index (χ3v) is 5.41. The lowest BCUT2D eigenvalue weighted by Gasteiger charge is -2.19. The Labute approximate surface area is 118 Å². The van der Waals surface area contributed by atoms with Crippen LogP contribution >= 0.6 is 0 Å². The number of rotatable bonds is 4. The van der Waals surface area contributed by atoms with Gasteiger partial charge in [-0.3, -0.25) is 9.59 Å². The molecule has 1 aliphatic heterocycles. The van der Waals surface area contributed by atoms with E-state index < -0.39 is 21.5 Å². The highest BCUT2D eigenvalue weighted by Gasteiger charge is 2.37.